The maximum atomic E-state index is 12.7. The van der Waals surface area contributed by atoms with Crippen molar-refractivity contribution in [3.05, 3.63) is 64.1 Å². The van der Waals surface area contributed by atoms with Gasteiger partial charge in [-0.1, -0.05) is 37.1 Å². The van der Waals surface area contributed by atoms with E-state index in [1.54, 1.807) is 7.11 Å². The van der Waals surface area contributed by atoms with Crippen LogP contribution in [0.1, 0.15) is 47.6 Å². The van der Waals surface area contributed by atoms with Crippen molar-refractivity contribution in [2.45, 2.75) is 31.7 Å². The lowest BCUT2D eigenvalue weighted by Crippen LogP contribution is -2.38. The second-order valence-electron chi connectivity index (χ2n) is 6.93. The molecule has 1 aliphatic rings. The summed E-state index contributed by atoms with van der Waals surface area (Å²) in [6, 6.07) is 15.9. The first-order valence-electron chi connectivity index (χ1n) is 9.60. The van der Waals surface area contributed by atoms with Gasteiger partial charge in [0, 0.05) is 11.0 Å². The summed E-state index contributed by atoms with van der Waals surface area (Å²) in [6.07, 6.45) is 5.00. The molecule has 0 saturated carbocycles. The molecule has 0 aromatic heterocycles. The molecule has 1 aliphatic heterocycles. The van der Waals surface area contributed by atoms with Crippen LogP contribution in [0.25, 0.3) is 0 Å². The molecule has 0 spiro atoms. The van der Waals surface area contributed by atoms with E-state index in [0.717, 1.165) is 23.3 Å². The van der Waals surface area contributed by atoms with Gasteiger partial charge >= 0.3 is 0 Å². The van der Waals surface area contributed by atoms with Gasteiger partial charge in [-0.2, -0.15) is 0 Å². The molecule has 1 amide bonds. The van der Waals surface area contributed by atoms with Crippen LogP contribution in [0.15, 0.2) is 53.0 Å². The molecule has 3 rings (SSSR count). The van der Waals surface area contributed by atoms with Gasteiger partial charge in [-0.25, -0.2) is 0 Å². The molecule has 0 aliphatic carbocycles. The minimum atomic E-state index is -0.0455. The number of hydrogen-bond donors (Lipinski definition) is 1. The second kappa shape index (κ2) is 9.90. The Hall–Kier alpha value is -1.85. The highest BCUT2D eigenvalue weighted by Crippen LogP contribution is 2.26. The van der Waals surface area contributed by atoms with Gasteiger partial charge in [0.1, 0.15) is 5.75 Å². The summed E-state index contributed by atoms with van der Waals surface area (Å²) < 4.78 is 6.11. The third-order valence-corrected chi connectivity index (χ3v) is 5.85. The number of ether oxygens (including phenoxy) is 1. The number of carbonyl (C=O) groups is 1. The van der Waals surface area contributed by atoms with E-state index < -0.39 is 0 Å². The number of likely N-dealkylation sites (tertiary alicyclic amines) is 1. The molecular weight excluding hydrogens is 404 g/mol. The lowest BCUT2D eigenvalue weighted by molar-refractivity contribution is 0.0932. The molecule has 2 aromatic carbocycles. The number of methoxy groups -OCH3 is 1. The van der Waals surface area contributed by atoms with Gasteiger partial charge in [0.05, 0.1) is 18.7 Å². The Morgan fingerprint density at radius 2 is 1.74 bits per heavy atom. The molecule has 144 valence electrons. The average molecular weight is 431 g/mol. The molecule has 1 unspecified atom stereocenters. The Balaban J connectivity index is 1.76. The van der Waals surface area contributed by atoms with Gasteiger partial charge in [0.15, 0.2) is 0 Å². The highest BCUT2D eigenvalue weighted by atomic mass is 79.9. The van der Waals surface area contributed by atoms with Gasteiger partial charge in [-0.3, -0.25) is 9.69 Å². The van der Waals surface area contributed by atoms with E-state index in [9.17, 15) is 4.79 Å². The standard InChI is InChI=1S/C22H27BrN2O2/c1-27-18-12-10-17(11-13-18)21(25-14-6-2-3-7-15-25)16-24-22(26)19-8-4-5-9-20(19)23/h4-5,8-13,21H,2-3,6-7,14-16H2,1H3,(H,24,26). The van der Waals surface area contributed by atoms with Crippen LogP contribution in [-0.2, 0) is 0 Å². The predicted octanol–water partition coefficient (Wildman–Crippen LogP) is 4.80. The van der Waals surface area contributed by atoms with Crippen LogP contribution in [0.3, 0.4) is 0 Å². The highest BCUT2D eigenvalue weighted by molar-refractivity contribution is 9.10. The summed E-state index contributed by atoms with van der Waals surface area (Å²) in [5.74, 6) is 0.807. The van der Waals surface area contributed by atoms with Crippen LogP contribution in [0.4, 0.5) is 0 Å². The first-order valence-corrected chi connectivity index (χ1v) is 10.4. The molecule has 1 fully saturated rings. The number of nitrogens with zero attached hydrogens (tertiary/aromatic N) is 1. The lowest BCUT2D eigenvalue weighted by atomic mass is 10.0. The fourth-order valence-electron chi connectivity index (χ4n) is 3.62. The van der Waals surface area contributed by atoms with Crippen molar-refractivity contribution in [1.82, 2.24) is 10.2 Å². The number of rotatable bonds is 6. The van der Waals surface area contributed by atoms with E-state index in [0.29, 0.717) is 12.1 Å². The van der Waals surface area contributed by atoms with Crippen LogP contribution in [0.2, 0.25) is 0 Å². The summed E-state index contributed by atoms with van der Waals surface area (Å²) in [5, 5.41) is 3.14. The zero-order valence-corrected chi connectivity index (χ0v) is 17.4. The minimum absolute atomic E-state index is 0.0455. The quantitative estimate of drug-likeness (QED) is 0.714. The maximum Gasteiger partial charge on any atom is 0.252 e. The van der Waals surface area contributed by atoms with Crippen molar-refractivity contribution < 1.29 is 9.53 Å². The van der Waals surface area contributed by atoms with Crippen LogP contribution < -0.4 is 10.1 Å². The van der Waals surface area contributed by atoms with Crippen LogP contribution in [0.5, 0.6) is 5.75 Å². The van der Waals surface area contributed by atoms with Crippen LogP contribution >= 0.6 is 15.9 Å². The van der Waals surface area contributed by atoms with Gasteiger partial charge in [0.2, 0.25) is 0 Å². The van der Waals surface area contributed by atoms with E-state index >= 15 is 0 Å². The van der Waals surface area contributed by atoms with Crippen molar-refractivity contribution in [2.24, 2.45) is 0 Å². The summed E-state index contributed by atoms with van der Waals surface area (Å²) >= 11 is 3.47. The molecule has 0 radical (unpaired) electrons. The number of hydrogen-bond acceptors (Lipinski definition) is 3. The van der Waals surface area contributed by atoms with Crippen molar-refractivity contribution in [3.8, 4) is 5.75 Å². The molecule has 1 N–H and O–H groups in total. The average Bonchev–Trinajstić information content (AvgIpc) is 2.98. The summed E-state index contributed by atoms with van der Waals surface area (Å²) in [7, 11) is 1.68. The molecular formula is C22H27BrN2O2. The lowest BCUT2D eigenvalue weighted by Gasteiger charge is -2.31. The van der Waals surface area contributed by atoms with Gasteiger partial charge in [0.25, 0.3) is 5.91 Å². The van der Waals surface area contributed by atoms with E-state index in [1.807, 2.05) is 36.4 Å². The molecule has 27 heavy (non-hydrogen) atoms. The van der Waals surface area contributed by atoms with Gasteiger partial charge in [-0.05, 0) is 71.7 Å². The Morgan fingerprint density at radius 3 is 2.37 bits per heavy atom. The molecule has 4 nitrogen and oxygen atoms in total. The minimum Gasteiger partial charge on any atom is -0.497 e. The van der Waals surface area contributed by atoms with Crippen LogP contribution in [-0.4, -0.2) is 37.6 Å². The Morgan fingerprint density at radius 1 is 1.07 bits per heavy atom. The first kappa shape index (κ1) is 19.9. The Bertz CT molecular complexity index is 740. The van der Waals surface area contributed by atoms with Crippen LogP contribution in [0, 0.1) is 0 Å². The monoisotopic (exact) mass is 430 g/mol. The number of amides is 1. The molecule has 0 bridgehead atoms. The zero-order valence-electron chi connectivity index (χ0n) is 15.8. The topological polar surface area (TPSA) is 41.6 Å². The first-order chi connectivity index (χ1) is 13.2. The summed E-state index contributed by atoms with van der Waals surface area (Å²) in [4.78, 5) is 15.2. The molecule has 1 saturated heterocycles. The summed E-state index contributed by atoms with van der Waals surface area (Å²) in [6.45, 7) is 2.73. The number of carbonyl (C=O) groups excluding carboxylic acids is 1. The Kier molecular flexibility index (Phi) is 7.30. The van der Waals surface area contributed by atoms with Crippen molar-refractivity contribution in [3.63, 3.8) is 0 Å². The predicted molar refractivity (Wildman–Crippen MR) is 112 cm³/mol. The highest BCUT2D eigenvalue weighted by Gasteiger charge is 2.23. The summed E-state index contributed by atoms with van der Waals surface area (Å²) in [5.41, 5.74) is 1.88. The Labute approximate surface area is 170 Å². The maximum absolute atomic E-state index is 12.7. The molecule has 5 heteroatoms. The number of benzene rings is 2. The van der Waals surface area contributed by atoms with E-state index in [4.69, 9.17) is 4.74 Å². The van der Waals surface area contributed by atoms with E-state index in [-0.39, 0.29) is 11.9 Å². The van der Waals surface area contributed by atoms with Crippen molar-refractivity contribution >= 4 is 21.8 Å². The third kappa shape index (κ3) is 5.33. The third-order valence-electron chi connectivity index (χ3n) is 5.16. The zero-order chi connectivity index (χ0) is 19.1. The van der Waals surface area contributed by atoms with Crippen molar-refractivity contribution in [1.29, 1.82) is 0 Å². The molecule has 2 aromatic rings. The molecule has 1 heterocycles. The normalized spacial score (nSPS) is 16.4. The largest absolute Gasteiger partial charge is 0.497 e. The van der Waals surface area contributed by atoms with E-state index in [1.165, 1.54) is 31.2 Å². The van der Waals surface area contributed by atoms with Gasteiger partial charge < -0.3 is 10.1 Å². The van der Waals surface area contributed by atoms with Crippen molar-refractivity contribution in [2.75, 3.05) is 26.7 Å². The fourth-order valence-corrected chi connectivity index (χ4v) is 4.09. The molecule has 1 atom stereocenters. The van der Waals surface area contributed by atoms with Gasteiger partial charge in [-0.15, -0.1) is 0 Å². The van der Waals surface area contributed by atoms with E-state index in [2.05, 4.69) is 38.3 Å². The smallest absolute Gasteiger partial charge is 0.252 e. The number of nitrogens with one attached hydrogen (secondary N) is 1. The fraction of sp³-hybridized carbons (Fsp3) is 0.409. The SMILES string of the molecule is COc1ccc(C(CNC(=O)c2ccccc2Br)N2CCCCCC2)cc1. The number of halogens is 1. The second-order valence-corrected chi connectivity index (χ2v) is 7.78.